The van der Waals surface area contributed by atoms with E-state index in [1.165, 1.54) is 0 Å². The first kappa shape index (κ1) is 26.5. The second-order valence-electron chi connectivity index (χ2n) is 8.82. The number of aromatic nitrogens is 1. The number of thioether (sulfide) groups is 1. The van der Waals surface area contributed by atoms with Crippen molar-refractivity contribution in [2.45, 2.75) is 38.5 Å². The first-order chi connectivity index (χ1) is 18.0. The fourth-order valence-corrected chi connectivity index (χ4v) is 4.74. The number of carbonyl (C=O) groups is 2. The molecule has 37 heavy (non-hydrogen) atoms. The number of fused-ring (bicyclic) bond motifs is 1. The maximum Gasteiger partial charge on any atom is 0.320 e. The minimum Gasteiger partial charge on any atom is -0.481 e. The summed E-state index contributed by atoms with van der Waals surface area (Å²) in [6.45, 7) is 2.60. The molecule has 1 amide bonds. The standard InChI is InChI=1S/C28H31N3O5S/c1-18-7-3-4-9-21(18)26-19(16-30-23(28(33)34)12-14-37-2)8-5-10-22(26)31-25(32)15-20-17-35-27-24(36-20)11-6-13-29-27/h3-11,13,20,23,30H,12,14-17H2,1-2H3,(H,31,32)(H,33,34)/t20-,23+/m1/s1. The molecule has 4 rings (SSSR count). The van der Waals surface area contributed by atoms with Gasteiger partial charge in [0.2, 0.25) is 5.91 Å². The van der Waals surface area contributed by atoms with Crippen LogP contribution in [0.15, 0.2) is 60.8 Å². The van der Waals surface area contributed by atoms with Gasteiger partial charge in [0.25, 0.3) is 5.88 Å². The molecule has 1 aliphatic rings. The van der Waals surface area contributed by atoms with Crippen LogP contribution in [0.5, 0.6) is 11.6 Å². The predicted octanol–water partition coefficient (Wildman–Crippen LogP) is 4.52. The first-order valence-corrected chi connectivity index (χ1v) is 13.5. The van der Waals surface area contributed by atoms with Crippen molar-refractivity contribution in [2.75, 3.05) is 23.9 Å². The molecule has 0 bridgehead atoms. The maximum atomic E-state index is 13.1. The molecule has 0 radical (unpaired) electrons. The monoisotopic (exact) mass is 521 g/mol. The van der Waals surface area contributed by atoms with E-state index in [0.717, 1.165) is 28.0 Å². The minimum atomic E-state index is -0.873. The smallest absolute Gasteiger partial charge is 0.320 e. The van der Waals surface area contributed by atoms with Crippen LogP contribution in [0.3, 0.4) is 0 Å². The number of benzene rings is 2. The third-order valence-electron chi connectivity index (χ3n) is 6.14. The molecule has 9 heteroatoms. The molecule has 8 nitrogen and oxygen atoms in total. The molecule has 2 heterocycles. The molecular formula is C28H31N3O5S. The zero-order chi connectivity index (χ0) is 26.2. The van der Waals surface area contributed by atoms with Crippen LogP contribution in [-0.4, -0.2) is 52.7 Å². The number of carboxylic acid groups (broad SMARTS) is 1. The second-order valence-corrected chi connectivity index (χ2v) is 9.80. The van der Waals surface area contributed by atoms with Gasteiger partial charge in [-0.15, -0.1) is 0 Å². The minimum absolute atomic E-state index is 0.111. The molecule has 0 spiro atoms. The second kappa shape index (κ2) is 12.6. The Kier molecular flexibility index (Phi) is 9.03. The van der Waals surface area contributed by atoms with Gasteiger partial charge >= 0.3 is 5.97 Å². The van der Waals surface area contributed by atoms with Crippen molar-refractivity contribution in [2.24, 2.45) is 0 Å². The number of hydrogen-bond donors (Lipinski definition) is 3. The van der Waals surface area contributed by atoms with Gasteiger partial charge in [-0.05, 0) is 60.2 Å². The number of anilines is 1. The van der Waals surface area contributed by atoms with E-state index in [-0.39, 0.29) is 18.9 Å². The summed E-state index contributed by atoms with van der Waals surface area (Å²) in [5, 5.41) is 15.9. The lowest BCUT2D eigenvalue weighted by Crippen LogP contribution is -2.36. The fraction of sp³-hybridized carbons (Fsp3) is 0.321. The third-order valence-corrected chi connectivity index (χ3v) is 6.78. The van der Waals surface area contributed by atoms with Gasteiger partial charge < -0.3 is 25.2 Å². The third kappa shape index (κ3) is 6.81. The van der Waals surface area contributed by atoms with Gasteiger partial charge in [-0.2, -0.15) is 11.8 Å². The number of carbonyl (C=O) groups excluding carboxylic acids is 1. The summed E-state index contributed by atoms with van der Waals surface area (Å²) in [6.07, 6.45) is 3.79. The van der Waals surface area contributed by atoms with E-state index in [1.807, 2.05) is 55.6 Å². The largest absolute Gasteiger partial charge is 0.481 e. The van der Waals surface area contributed by atoms with Gasteiger partial charge in [-0.25, -0.2) is 4.98 Å². The zero-order valence-corrected chi connectivity index (χ0v) is 21.7. The van der Waals surface area contributed by atoms with Crippen LogP contribution in [0.1, 0.15) is 24.0 Å². The number of nitrogens with zero attached hydrogens (tertiary/aromatic N) is 1. The maximum absolute atomic E-state index is 13.1. The van der Waals surface area contributed by atoms with E-state index < -0.39 is 18.1 Å². The van der Waals surface area contributed by atoms with Crippen molar-refractivity contribution in [1.29, 1.82) is 0 Å². The number of carboxylic acids is 1. The summed E-state index contributed by atoms with van der Waals surface area (Å²) >= 11 is 1.62. The molecule has 0 unspecified atom stereocenters. The van der Waals surface area contributed by atoms with Crippen LogP contribution in [0.4, 0.5) is 5.69 Å². The topological polar surface area (TPSA) is 110 Å². The van der Waals surface area contributed by atoms with Gasteiger partial charge in [-0.1, -0.05) is 36.4 Å². The molecule has 0 saturated heterocycles. The van der Waals surface area contributed by atoms with Gasteiger partial charge in [0.15, 0.2) is 5.75 Å². The van der Waals surface area contributed by atoms with Gasteiger partial charge in [0.05, 0.1) is 6.42 Å². The highest BCUT2D eigenvalue weighted by atomic mass is 32.2. The van der Waals surface area contributed by atoms with Crippen LogP contribution in [0.2, 0.25) is 0 Å². The highest BCUT2D eigenvalue weighted by molar-refractivity contribution is 7.98. The summed E-state index contributed by atoms with van der Waals surface area (Å²) in [7, 11) is 0. The number of rotatable bonds is 11. The highest BCUT2D eigenvalue weighted by Crippen LogP contribution is 2.35. The molecule has 0 saturated carbocycles. The van der Waals surface area contributed by atoms with Crippen molar-refractivity contribution in [1.82, 2.24) is 10.3 Å². The Morgan fingerprint density at radius 1 is 1.16 bits per heavy atom. The summed E-state index contributed by atoms with van der Waals surface area (Å²) in [5.74, 6) is 0.623. The number of ether oxygens (including phenoxy) is 2. The number of aryl methyl sites for hydroxylation is 1. The van der Waals surface area contributed by atoms with E-state index in [9.17, 15) is 14.7 Å². The van der Waals surface area contributed by atoms with Gasteiger partial charge in [-0.3, -0.25) is 9.59 Å². The van der Waals surface area contributed by atoms with Crippen LogP contribution >= 0.6 is 11.8 Å². The lowest BCUT2D eigenvalue weighted by atomic mass is 9.93. The lowest BCUT2D eigenvalue weighted by molar-refractivity contribution is -0.139. The molecule has 0 fully saturated rings. The summed E-state index contributed by atoms with van der Waals surface area (Å²) in [4.78, 5) is 29.0. The SMILES string of the molecule is CSCC[C@H](NCc1cccc(NC(=O)C[C@@H]2COc3ncccc3O2)c1-c1ccccc1C)C(=O)O. The van der Waals surface area contributed by atoms with Crippen LogP contribution < -0.4 is 20.1 Å². The van der Waals surface area contributed by atoms with E-state index in [4.69, 9.17) is 9.47 Å². The van der Waals surface area contributed by atoms with E-state index >= 15 is 0 Å². The Bertz CT molecular complexity index is 1250. The Labute approximate surface area is 220 Å². The Morgan fingerprint density at radius 3 is 2.78 bits per heavy atom. The summed E-state index contributed by atoms with van der Waals surface area (Å²) in [6, 6.07) is 16.5. The molecule has 1 aromatic heterocycles. The first-order valence-electron chi connectivity index (χ1n) is 12.1. The molecule has 3 N–H and O–H groups in total. The Balaban J connectivity index is 1.55. The van der Waals surface area contributed by atoms with Crippen molar-refractivity contribution < 1.29 is 24.2 Å². The summed E-state index contributed by atoms with van der Waals surface area (Å²) < 4.78 is 11.5. The Morgan fingerprint density at radius 2 is 2.00 bits per heavy atom. The average Bonchev–Trinajstić information content (AvgIpc) is 2.89. The van der Waals surface area contributed by atoms with E-state index in [1.54, 1.807) is 30.1 Å². The van der Waals surface area contributed by atoms with Crippen molar-refractivity contribution >= 4 is 29.3 Å². The highest BCUT2D eigenvalue weighted by Gasteiger charge is 2.25. The van der Waals surface area contributed by atoms with Crippen LogP contribution in [-0.2, 0) is 16.1 Å². The van der Waals surface area contributed by atoms with Crippen LogP contribution in [0, 0.1) is 6.92 Å². The van der Waals surface area contributed by atoms with Crippen molar-refractivity contribution in [3.8, 4) is 22.8 Å². The summed E-state index contributed by atoms with van der Waals surface area (Å²) in [5.41, 5.74) is 4.46. The fourth-order valence-electron chi connectivity index (χ4n) is 4.27. The van der Waals surface area contributed by atoms with Crippen molar-refractivity contribution in [3.05, 3.63) is 71.9 Å². The number of amides is 1. The molecule has 0 aliphatic carbocycles. The normalized spacial score (nSPS) is 15.1. The number of aliphatic carboxylic acids is 1. The van der Waals surface area contributed by atoms with Gasteiger partial charge in [0.1, 0.15) is 18.8 Å². The number of hydrogen-bond acceptors (Lipinski definition) is 7. The molecule has 194 valence electrons. The Hall–Kier alpha value is -3.56. The molecule has 1 aliphatic heterocycles. The van der Waals surface area contributed by atoms with Crippen LogP contribution in [0.25, 0.3) is 11.1 Å². The molecule has 3 aromatic rings. The zero-order valence-electron chi connectivity index (χ0n) is 20.9. The van der Waals surface area contributed by atoms with Crippen molar-refractivity contribution in [3.63, 3.8) is 0 Å². The number of nitrogens with one attached hydrogen (secondary N) is 2. The molecule has 2 aromatic carbocycles. The van der Waals surface area contributed by atoms with Gasteiger partial charge in [0, 0.05) is 24.0 Å². The quantitative estimate of drug-likeness (QED) is 0.338. The molecular weight excluding hydrogens is 490 g/mol. The molecule has 2 atom stereocenters. The average molecular weight is 522 g/mol. The van der Waals surface area contributed by atoms with E-state index in [2.05, 4.69) is 15.6 Å². The predicted molar refractivity (Wildman–Crippen MR) is 145 cm³/mol. The van der Waals surface area contributed by atoms with E-state index in [0.29, 0.717) is 30.3 Å². The lowest BCUT2D eigenvalue weighted by Gasteiger charge is -2.25. The number of pyridine rings is 1.